The van der Waals surface area contributed by atoms with E-state index >= 15 is 0 Å². The second kappa shape index (κ2) is 7.31. The van der Waals surface area contributed by atoms with Gasteiger partial charge in [-0.05, 0) is 47.9 Å². The van der Waals surface area contributed by atoms with Gasteiger partial charge in [-0.2, -0.15) is 4.31 Å². The molecule has 0 bridgehead atoms. The Morgan fingerprint density at radius 1 is 1.04 bits per heavy atom. The maximum absolute atomic E-state index is 12.9. The number of hydrogen-bond acceptors (Lipinski definition) is 3. The number of hydrogen-bond donors (Lipinski definition) is 0. The fourth-order valence-electron chi connectivity index (χ4n) is 3.73. The minimum Gasteiger partial charge on any atom is -0.338 e. The summed E-state index contributed by atoms with van der Waals surface area (Å²) in [6.07, 6.45) is 4.25. The van der Waals surface area contributed by atoms with Crippen LogP contribution in [0.15, 0.2) is 23.1 Å². The summed E-state index contributed by atoms with van der Waals surface area (Å²) in [5, 5.41) is 0. The van der Waals surface area contributed by atoms with Crippen LogP contribution in [-0.4, -0.2) is 43.2 Å². The maximum atomic E-state index is 12.9. The molecule has 0 unspecified atom stereocenters. The van der Waals surface area contributed by atoms with Crippen molar-refractivity contribution in [3.05, 3.63) is 29.3 Å². The van der Waals surface area contributed by atoms with Crippen LogP contribution in [0.25, 0.3) is 0 Å². The number of rotatable bonds is 3. The highest BCUT2D eigenvalue weighted by Gasteiger charge is 2.29. The van der Waals surface area contributed by atoms with Crippen LogP contribution in [0.1, 0.15) is 57.6 Å². The van der Waals surface area contributed by atoms with Crippen molar-refractivity contribution in [2.75, 3.05) is 19.6 Å². The van der Waals surface area contributed by atoms with Crippen LogP contribution >= 0.6 is 0 Å². The molecule has 2 heterocycles. The van der Waals surface area contributed by atoms with E-state index in [1.165, 1.54) is 0 Å². The number of benzene rings is 1. The molecule has 2 aliphatic heterocycles. The van der Waals surface area contributed by atoms with E-state index in [-0.39, 0.29) is 11.3 Å². The first-order chi connectivity index (χ1) is 12.2. The van der Waals surface area contributed by atoms with E-state index in [1.54, 1.807) is 16.4 Å². The molecule has 6 heteroatoms. The zero-order valence-electron chi connectivity index (χ0n) is 16.1. The maximum Gasteiger partial charge on any atom is 0.243 e. The molecule has 0 spiro atoms. The van der Waals surface area contributed by atoms with Crippen LogP contribution in [0.3, 0.4) is 0 Å². The molecule has 5 nitrogen and oxygen atoms in total. The average Bonchev–Trinajstić information content (AvgIpc) is 2.60. The van der Waals surface area contributed by atoms with E-state index in [0.717, 1.165) is 36.8 Å². The van der Waals surface area contributed by atoms with Gasteiger partial charge in [0.2, 0.25) is 15.9 Å². The predicted molar refractivity (Wildman–Crippen MR) is 102 cm³/mol. The van der Waals surface area contributed by atoms with Gasteiger partial charge in [0.1, 0.15) is 0 Å². The molecule has 1 aromatic carbocycles. The summed E-state index contributed by atoms with van der Waals surface area (Å²) < 4.78 is 27.4. The Hall–Kier alpha value is -1.40. The van der Waals surface area contributed by atoms with E-state index < -0.39 is 10.0 Å². The highest BCUT2D eigenvalue weighted by Crippen LogP contribution is 2.28. The van der Waals surface area contributed by atoms with Gasteiger partial charge in [0, 0.05) is 32.6 Å². The molecule has 0 radical (unpaired) electrons. The Balaban J connectivity index is 1.80. The van der Waals surface area contributed by atoms with Gasteiger partial charge < -0.3 is 4.90 Å². The lowest BCUT2D eigenvalue weighted by molar-refractivity contribution is -0.134. The van der Waals surface area contributed by atoms with Crippen molar-refractivity contribution >= 4 is 15.9 Å². The number of piperidine rings is 1. The Morgan fingerprint density at radius 2 is 1.73 bits per heavy atom. The molecule has 0 aromatic heterocycles. The second-order valence-electron chi connectivity index (χ2n) is 8.70. The lowest BCUT2D eigenvalue weighted by Crippen LogP contribution is -2.38. The number of fused-ring (bicyclic) bond motifs is 1. The third-order valence-corrected chi connectivity index (χ3v) is 7.07. The minimum atomic E-state index is -3.43. The van der Waals surface area contributed by atoms with Crippen molar-refractivity contribution < 1.29 is 13.2 Å². The van der Waals surface area contributed by atoms with Gasteiger partial charge in [-0.1, -0.05) is 33.3 Å². The third kappa shape index (κ3) is 4.29. The van der Waals surface area contributed by atoms with Crippen LogP contribution < -0.4 is 0 Å². The monoisotopic (exact) mass is 378 g/mol. The second-order valence-corrected chi connectivity index (χ2v) is 10.6. The fraction of sp³-hybridized carbons (Fsp3) is 0.650. The zero-order valence-corrected chi connectivity index (χ0v) is 16.9. The lowest BCUT2D eigenvalue weighted by atomic mass is 9.91. The molecule has 1 fully saturated rings. The number of carbonyl (C=O) groups is 1. The van der Waals surface area contributed by atoms with Gasteiger partial charge in [0.05, 0.1) is 4.90 Å². The number of carbonyl (C=O) groups excluding carboxylic acids is 1. The lowest BCUT2D eigenvalue weighted by Gasteiger charge is -2.32. The van der Waals surface area contributed by atoms with E-state index in [0.29, 0.717) is 37.5 Å². The Bertz CT molecular complexity index is 775. The van der Waals surface area contributed by atoms with E-state index in [4.69, 9.17) is 0 Å². The van der Waals surface area contributed by atoms with Gasteiger partial charge in [-0.15, -0.1) is 0 Å². The van der Waals surface area contributed by atoms with Crippen molar-refractivity contribution in [2.45, 2.75) is 64.3 Å². The molecule has 1 saturated heterocycles. The van der Waals surface area contributed by atoms with Gasteiger partial charge in [-0.3, -0.25) is 4.79 Å². The third-order valence-electron chi connectivity index (χ3n) is 5.18. The number of sulfonamides is 1. The summed E-state index contributed by atoms with van der Waals surface area (Å²) in [5.74, 6) is 0.146. The zero-order chi connectivity index (χ0) is 18.9. The topological polar surface area (TPSA) is 57.7 Å². The molecule has 3 rings (SSSR count). The number of amides is 1. The van der Waals surface area contributed by atoms with Crippen molar-refractivity contribution in [2.24, 2.45) is 5.41 Å². The van der Waals surface area contributed by atoms with Crippen LogP contribution in [0.5, 0.6) is 0 Å². The molecule has 26 heavy (non-hydrogen) atoms. The summed E-state index contributed by atoms with van der Waals surface area (Å²) in [4.78, 5) is 14.8. The standard InChI is InChI=1S/C20H30N2O3S/c1-20(2,3)14-19(23)21-12-9-16-7-8-18(13-17(16)15-21)26(24,25)22-10-5-4-6-11-22/h7-8,13H,4-6,9-12,14-15H2,1-3H3. The normalized spacial score (nSPS) is 19.3. The SMILES string of the molecule is CC(C)(C)CC(=O)N1CCc2ccc(S(=O)(=O)N3CCCCC3)cc2C1. The van der Waals surface area contributed by atoms with Crippen molar-refractivity contribution in [1.29, 1.82) is 0 Å². The summed E-state index contributed by atoms with van der Waals surface area (Å²) >= 11 is 0. The van der Waals surface area contributed by atoms with Crippen molar-refractivity contribution in [3.8, 4) is 0 Å². The van der Waals surface area contributed by atoms with Crippen molar-refractivity contribution in [3.63, 3.8) is 0 Å². The average molecular weight is 379 g/mol. The van der Waals surface area contributed by atoms with E-state index in [9.17, 15) is 13.2 Å². The molecular formula is C20H30N2O3S. The van der Waals surface area contributed by atoms with Gasteiger partial charge >= 0.3 is 0 Å². The Labute approximate surface area is 157 Å². The number of nitrogens with zero attached hydrogens (tertiary/aromatic N) is 2. The molecule has 0 aliphatic carbocycles. The molecule has 0 N–H and O–H groups in total. The highest BCUT2D eigenvalue weighted by atomic mass is 32.2. The van der Waals surface area contributed by atoms with E-state index in [2.05, 4.69) is 20.8 Å². The predicted octanol–water partition coefficient (Wildman–Crippen LogP) is 3.18. The largest absolute Gasteiger partial charge is 0.338 e. The molecule has 1 amide bonds. The van der Waals surface area contributed by atoms with Crippen LogP contribution in [0.4, 0.5) is 0 Å². The Morgan fingerprint density at radius 3 is 2.38 bits per heavy atom. The van der Waals surface area contributed by atoms with Crippen LogP contribution in [0.2, 0.25) is 0 Å². The first-order valence-electron chi connectivity index (χ1n) is 9.56. The molecule has 144 valence electrons. The fourth-order valence-corrected chi connectivity index (χ4v) is 5.29. The smallest absolute Gasteiger partial charge is 0.243 e. The summed E-state index contributed by atoms with van der Waals surface area (Å²) in [6.45, 7) is 8.61. The van der Waals surface area contributed by atoms with E-state index in [1.807, 2.05) is 11.0 Å². The highest BCUT2D eigenvalue weighted by molar-refractivity contribution is 7.89. The summed E-state index contributed by atoms with van der Waals surface area (Å²) in [6, 6.07) is 5.45. The minimum absolute atomic E-state index is 0.0448. The van der Waals surface area contributed by atoms with Gasteiger partial charge in [-0.25, -0.2) is 8.42 Å². The first kappa shape index (κ1) is 19.4. The molecular weight excluding hydrogens is 348 g/mol. The Kier molecular flexibility index (Phi) is 5.45. The summed E-state index contributed by atoms with van der Waals surface area (Å²) in [5.41, 5.74) is 2.08. The molecule has 2 aliphatic rings. The molecule has 0 atom stereocenters. The molecule has 0 saturated carbocycles. The van der Waals surface area contributed by atoms with Gasteiger partial charge in [0.25, 0.3) is 0 Å². The quantitative estimate of drug-likeness (QED) is 0.812. The van der Waals surface area contributed by atoms with Crippen LogP contribution in [-0.2, 0) is 27.8 Å². The summed E-state index contributed by atoms with van der Waals surface area (Å²) in [7, 11) is -3.43. The molecule has 1 aromatic rings. The first-order valence-corrected chi connectivity index (χ1v) is 11.0. The van der Waals surface area contributed by atoms with Crippen LogP contribution in [0, 0.1) is 5.41 Å². The van der Waals surface area contributed by atoms with Gasteiger partial charge in [0.15, 0.2) is 0 Å². The van der Waals surface area contributed by atoms with Crippen molar-refractivity contribution in [1.82, 2.24) is 9.21 Å².